The molecule has 21 heavy (non-hydrogen) atoms. The zero-order valence-corrected chi connectivity index (χ0v) is 12.3. The Balaban J connectivity index is 2.35. The number of carbonyl (C=O) groups excluding carboxylic acids is 1. The SMILES string of the molecule is CC1CCCCC1CNC(=O)N[C@@H](CCC(=O)O)C(=O)O. The van der Waals surface area contributed by atoms with Crippen LogP contribution >= 0.6 is 0 Å². The van der Waals surface area contributed by atoms with Crippen molar-refractivity contribution in [1.29, 1.82) is 0 Å². The molecule has 2 unspecified atom stereocenters. The van der Waals surface area contributed by atoms with Crippen LogP contribution in [0.25, 0.3) is 0 Å². The molecule has 1 aliphatic carbocycles. The van der Waals surface area contributed by atoms with Gasteiger partial charge in [0.1, 0.15) is 6.04 Å². The minimum Gasteiger partial charge on any atom is -0.481 e. The fourth-order valence-corrected chi connectivity index (χ4v) is 2.65. The first kappa shape index (κ1) is 17.3. The molecule has 0 aromatic rings. The van der Waals surface area contributed by atoms with Gasteiger partial charge in [0.05, 0.1) is 0 Å². The molecule has 2 amide bonds. The van der Waals surface area contributed by atoms with Crippen molar-refractivity contribution in [2.24, 2.45) is 11.8 Å². The van der Waals surface area contributed by atoms with Gasteiger partial charge in [0, 0.05) is 13.0 Å². The molecule has 7 heteroatoms. The highest BCUT2D eigenvalue weighted by atomic mass is 16.4. The number of carboxylic acids is 2. The summed E-state index contributed by atoms with van der Waals surface area (Å²) in [5.74, 6) is -1.33. The Kier molecular flexibility index (Phi) is 6.98. The van der Waals surface area contributed by atoms with Crippen molar-refractivity contribution in [1.82, 2.24) is 10.6 Å². The lowest BCUT2D eigenvalue weighted by Crippen LogP contribution is -2.47. The fourth-order valence-electron chi connectivity index (χ4n) is 2.65. The minimum atomic E-state index is -1.22. The molecule has 1 saturated carbocycles. The standard InChI is InChI=1S/C14H24N2O5/c1-9-4-2-3-5-10(9)8-15-14(21)16-11(13(19)20)6-7-12(17)18/h9-11H,2-8H2,1H3,(H,17,18)(H,19,20)(H2,15,16,21)/t9?,10?,11-/m0/s1. The van der Waals surface area contributed by atoms with Crippen LogP contribution in [-0.4, -0.2) is 40.8 Å². The number of rotatable bonds is 7. The largest absolute Gasteiger partial charge is 0.481 e. The van der Waals surface area contributed by atoms with E-state index in [1.807, 2.05) is 0 Å². The van der Waals surface area contributed by atoms with E-state index < -0.39 is 24.0 Å². The van der Waals surface area contributed by atoms with E-state index >= 15 is 0 Å². The third kappa shape index (κ3) is 6.46. The molecule has 120 valence electrons. The van der Waals surface area contributed by atoms with Crippen LogP contribution in [0.15, 0.2) is 0 Å². The summed E-state index contributed by atoms with van der Waals surface area (Å²) in [6.07, 6.45) is 4.19. The molecule has 7 nitrogen and oxygen atoms in total. The Labute approximate surface area is 124 Å². The summed E-state index contributed by atoms with van der Waals surface area (Å²) in [7, 11) is 0. The van der Waals surface area contributed by atoms with E-state index in [1.54, 1.807) is 0 Å². The van der Waals surface area contributed by atoms with Crippen LogP contribution in [0.3, 0.4) is 0 Å². The Bertz CT molecular complexity index is 386. The van der Waals surface area contributed by atoms with Crippen LogP contribution < -0.4 is 10.6 Å². The highest BCUT2D eigenvalue weighted by Crippen LogP contribution is 2.28. The zero-order chi connectivity index (χ0) is 15.8. The molecular formula is C14H24N2O5. The summed E-state index contributed by atoms with van der Waals surface area (Å²) >= 11 is 0. The summed E-state index contributed by atoms with van der Waals surface area (Å²) in [5.41, 5.74) is 0. The molecular weight excluding hydrogens is 276 g/mol. The number of aliphatic carboxylic acids is 2. The Hall–Kier alpha value is -1.79. The number of hydrogen-bond donors (Lipinski definition) is 4. The van der Waals surface area contributed by atoms with Gasteiger partial charge in [0.15, 0.2) is 0 Å². The Morgan fingerprint density at radius 3 is 2.43 bits per heavy atom. The van der Waals surface area contributed by atoms with Gasteiger partial charge in [0.25, 0.3) is 0 Å². The minimum absolute atomic E-state index is 0.127. The third-order valence-electron chi connectivity index (χ3n) is 4.06. The van der Waals surface area contributed by atoms with Gasteiger partial charge in [-0.25, -0.2) is 9.59 Å². The predicted octanol–water partition coefficient (Wildman–Crippen LogP) is 1.43. The third-order valence-corrected chi connectivity index (χ3v) is 4.06. The van der Waals surface area contributed by atoms with E-state index in [0.29, 0.717) is 18.4 Å². The van der Waals surface area contributed by atoms with Crippen molar-refractivity contribution in [3.05, 3.63) is 0 Å². The monoisotopic (exact) mass is 300 g/mol. The first-order valence-corrected chi connectivity index (χ1v) is 7.39. The van der Waals surface area contributed by atoms with Crippen LogP contribution in [0.1, 0.15) is 45.4 Å². The molecule has 0 bridgehead atoms. The van der Waals surface area contributed by atoms with E-state index in [2.05, 4.69) is 17.6 Å². The Morgan fingerprint density at radius 2 is 1.86 bits per heavy atom. The molecule has 0 aliphatic heterocycles. The lowest BCUT2D eigenvalue weighted by atomic mass is 9.80. The summed E-state index contributed by atoms with van der Waals surface area (Å²) in [6, 6.07) is -1.73. The average Bonchev–Trinajstić information content (AvgIpc) is 2.42. The quantitative estimate of drug-likeness (QED) is 0.567. The van der Waals surface area contributed by atoms with Gasteiger partial charge in [0.2, 0.25) is 0 Å². The highest BCUT2D eigenvalue weighted by Gasteiger charge is 2.24. The lowest BCUT2D eigenvalue weighted by molar-refractivity contribution is -0.140. The number of carbonyl (C=O) groups is 3. The maximum atomic E-state index is 11.7. The molecule has 0 saturated heterocycles. The van der Waals surface area contributed by atoms with Gasteiger partial charge < -0.3 is 20.8 Å². The molecule has 1 aliphatic rings. The van der Waals surface area contributed by atoms with E-state index in [4.69, 9.17) is 10.2 Å². The highest BCUT2D eigenvalue weighted by molar-refractivity contribution is 5.82. The summed E-state index contributed by atoms with van der Waals surface area (Å²) < 4.78 is 0. The van der Waals surface area contributed by atoms with Gasteiger partial charge >= 0.3 is 18.0 Å². The maximum absolute atomic E-state index is 11.7. The molecule has 3 atom stereocenters. The van der Waals surface area contributed by atoms with Crippen LogP contribution in [-0.2, 0) is 9.59 Å². The van der Waals surface area contributed by atoms with Crippen molar-refractivity contribution in [2.45, 2.75) is 51.5 Å². The number of hydrogen-bond acceptors (Lipinski definition) is 3. The molecule has 0 spiro atoms. The first-order valence-electron chi connectivity index (χ1n) is 7.39. The summed E-state index contributed by atoms with van der Waals surface area (Å²) in [4.78, 5) is 33.1. The first-order chi connectivity index (χ1) is 9.90. The van der Waals surface area contributed by atoms with Gasteiger partial charge in [-0.05, 0) is 24.7 Å². The lowest BCUT2D eigenvalue weighted by Gasteiger charge is -2.29. The topological polar surface area (TPSA) is 116 Å². The predicted molar refractivity (Wildman–Crippen MR) is 76.0 cm³/mol. The van der Waals surface area contributed by atoms with Crippen molar-refractivity contribution in [3.63, 3.8) is 0 Å². The molecule has 0 heterocycles. The van der Waals surface area contributed by atoms with Crippen molar-refractivity contribution >= 4 is 18.0 Å². The number of carboxylic acid groups (broad SMARTS) is 2. The zero-order valence-electron chi connectivity index (χ0n) is 12.3. The summed E-state index contributed by atoms with van der Waals surface area (Å²) in [6.45, 7) is 2.69. The number of amides is 2. The van der Waals surface area contributed by atoms with Crippen LogP contribution in [0.5, 0.6) is 0 Å². The second-order valence-electron chi connectivity index (χ2n) is 5.70. The maximum Gasteiger partial charge on any atom is 0.326 e. The molecule has 1 fully saturated rings. The molecule has 0 aromatic carbocycles. The molecule has 0 radical (unpaired) electrons. The van der Waals surface area contributed by atoms with Crippen molar-refractivity contribution in [3.8, 4) is 0 Å². The summed E-state index contributed by atoms with van der Waals surface area (Å²) in [5, 5.41) is 22.5. The van der Waals surface area contributed by atoms with E-state index in [9.17, 15) is 14.4 Å². The number of urea groups is 1. The molecule has 1 rings (SSSR count). The smallest absolute Gasteiger partial charge is 0.326 e. The van der Waals surface area contributed by atoms with Crippen LogP contribution in [0.2, 0.25) is 0 Å². The molecule has 4 N–H and O–H groups in total. The van der Waals surface area contributed by atoms with Gasteiger partial charge in [-0.3, -0.25) is 4.79 Å². The van der Waals surface area contributed by atoms with Gasteiger partial charge in [-0.2, -0.15) is 0 Å². The normalized spacial score (nSPS) is 23.1. The second-order valence-corrected chi connectivity index (χ2v) is 5.70. The average molecular weight is 300 g/mol. The van der Waals surface area contributed by atoms with Crippen molar-refractivity contribution in [2.75, 3.05) is 6.54 Å². The van der Waals surface area contributed by atoms with E-state index in [0.717, 1.165) is 19.3 Å². The van der Waals surface area contributed by atoms with Crippen LogP contribution in [0, 0.1) is 11.8 Å². The van der Waals surface area contributed by atoms with Gasteiger partial charge in [-0.1, -0.05) is 26.2 Å². The number of nitrogens with one attached hydrogen (secondary N) is 2. The van der Waals surface area contributed by atoms with Crippen molar-refractivity contribution < 1.29 is 24.6 Å². The fraction of sp³-hybridized carbons (Fsp3) is 0.786. The molecule has 0 aromatic heterocycles. The van der Waals surface area contributed by atoms with Gasteiger partial charge in [-0.15, -0.1) is 0 Å². The van der Waals surface area contributed by atoms with E-state index in [1.165, 1.54) is 6.42 Å². The Morgan fingerprint density at radius 1 is 1.19 bits per heavy atom. The van der Waals surface area contributed by atoms with E-state index in [-0.39, 0.29) is 12.8 Å². The second kappa shape index (κ2) is 8.49. The van der Waals surface area contributed by atoms with Crippen LogP contribution in [0.4, 0.5) is 4.79 Å².